The van der Waals surface area contributed by atoms with Gasteiger partial charge in [0.15, 0.2) is 0 Å². The van der Waals surface area contributed by atoms with Crippen LogP contribution in [0.25, 0.3) is 0 Å². The molecule has 0 aliphatic carbocycles. The first kappa shape index (κ1) is 16.1. The van der Waals surface area contributed by atoms with E-state index in [1.165, 1.54) is 5.56 Å². The smallest absolute Gasteiger partial charge is 0.292 e. The van der Waals surface area contributed by atoms with E-state index in [1.54, 1.807) is 12.1 Å². The Hall–Kier alpha value is -3.34. The zero-order valence-corrected chi connectivity index (χ0v) is 14.2. The first-order valence-corrected chi connectivity index (χ1v) is 8.59. The van der Waals surface area contributed by atoms with Gasteiger partial charge in [0, 0.05) is 18.3 Å². The van der Waals surface area contributed by atoms with Gasteiger partial charge in [-0.2, -0.15) is 0 Å². The van der Waals surface area contributed by atoms with Gasteiger partial charge in [-0.25, -0.2) is 0 Å². The maximum Gasteiger partial charge on any atom is 0.292 e. The molecule has 0 saturated carbocycles. The molecule has 3 aromatic carbocycles. The van der Waals surface area contributed by atoms with Crippen LogP contribution in [0, 0.1) is 10.1 Å². The third-order valence-electron chi connectivity index (χ3n) is 4.78. The molecule has 1 aliphatic rings. The van der Waals surface area contributed by atoms with Crippen LogP contribution in [0.4, 0.5) is 17.1 Å². The second kappa shape index (κ2) is 6.88. The lowest BCUT2D eigenvalue weighted by atomic mass is 10.1. The van der Waals surface area contributed by atoms with E-state index >= 15 is 0 Å². The van der Waals surface area contributed by atoms with Crippen molar-refractivity contribution in [3.63, 3.8) is 0 Å². The lowest BCUT2D eigenvalue weighted by Gasteiger charge is -2.25. The fourth-order valence-corrected chi connectivity index (χ4v) is 3.55. The highest BCUT2D eigenvalue weighted by Crippen LogP contribution is 2.38. The molecule has 0 radical (unpaired) electrons. The molecule has 0 bridgehead atoms. The molecule has 1 atom stereocenters. The summed E-state index contributed by atoms with van der Waals surface area (Å²) in [5.41, 5.74) is 3.13. The van der Waals surface area contributed by atoms with Gasteiger partial charge in [-0.1, -0.05) is 60.7 Å². The number of anilines is 2. The SMILES string of the molecule is O=[N+]([O-])c1ccccc1N1C[C@H](c2ccccc2)N(c2ccccc2)C1. The minimum atomic E-state index is -0.308. The monoisotopic (exact) mass is 345 g/mol. The second-order valence-corrected chi connectivity index (χ2v) is 6.34. The minimum absolute atomic E-state index is 0.137. The molecule has 1 heterocycles. The van der Waals surface area contributed by atoms with Crippen molar-refractivity contribution in [1.82, 2.24) is 0 Å². The lowest BCUT2D eigenvalue weighted by molar-refractivity contribution is -0.384. The van der Waals surface area contributed by atoms with Crippen molar-refractivity contribution in [2.75, 3.05) is 23.0 Å². The van der Waals surface area contributed by atoms with Crippen LogP contribution in [0.5, 0.6) is 0 Å². The average Bonchev–Trinajstić information content (AvgIpc) is 3.15. The van der Waals surface area contributed by atoms with Gasteiger partial charge < -0.3 is 9.80 Å². The molecule has 0 amide bonds. The molecule has 5 heteroatoms. The first-order chi connectivity index (χ1) is 12.7. The molecular formula is C21H19N3O2. The van der Waals surface area contributed by atoms with E-state index < -0.39 is 0 Å². The molecule has 1 fully saturated rings. The molecule has 0 N–H and O–H groups in total. The Morgan fingerprint density at radius 3 is 2.15 bits per heavy atom. The highest BCUT2D eigenvalue weighted by Gasteiger charge is 2.34. The van der Waals surface area contributed by atoms with Gasteiger partial charge in [-0.15, -0.1) is 0 Å². The molecular weight excluding hydrogens is 326 g/mol. The zero-order chi connectivity index (χ0) is 17.9. The van der Waals surface area contributed by atoms with E-state index in [0.29, 0.717) is 18.9 Å². The number of para-hydroxylation sites is 3. The van der Waals surface area contributed by atoms with Gasteiger partial charge in [0.05, 0.1) is 17.6 Å². The lowest BCUT2D eigenvalue weighted by Crippen LogP contribution is -2.26. The number of benzene rings is 3. The molecule has 0 unspecified atom stereocenters. The van der Waals surface area contributed by atoms with Crippen molar-refractivity contribution in [3.8, 4) is 0 Å². The summed E-state index contributed by atoms with van der Waals surface area (Å²) in [5.74, 6) is 0. The Balaban J connectivity index is 1.73. The van der Waals surface area contributed by atoms with Crippen LogP contribution in [0.15, 0.2) is 84.9 Å². The van der Waals surface area contributed by atoms with Crippen LogP contribution in [0.2, 0.25) is 0 Å². The van der Waals surface area contributed by atoms with E-state index in [-0.39, 0.29) is 16.7 Å². The van der Waals surface area contributed by atoms with Gasteiger partial charge in [0.2, 0.25) is 0 Å². The fraction of sp³-hybridized carbons (Fsp3) is 0.143. The normalized spacial score (nSPS) is 16.7. The summed E-state index contributed by atoms with van der Waals surface area (Å²) < 4.78 is 0. The number of rotatable bonds is 4. The predicted octanol–water partition coefficient (Wildman–Crippen LogP) is 4.62. The Labute approximate surface area is 152 Å². The minimum Gasteiger partial charge on any atom is -0.346 e. The van der Waals surface area contributed by atoms with Crippen LogP contribution < -0.4 is 9.80 Å². The standard InChI is InChI=1S/C21H19N3O2/c25-24(26)20-14-8-7-13-19(20)22-15-21(17-9-3-1-4-10-17)23(16-22)18-11-5-2-6-12-18/h1-14,21H,15-16H2/t21-/m1/s1. The molecule has 1 saturated heterocycles. The Kier molecular flexibility index (Phi) is 4.27. The fourth-order valence-electron chi connectivity index (χ4n) is 3.55. The Morgan fingerprint density at radius 1 is 0.846 bits per heavy atom. The molecule has 0 spiro atoms. The Bertz CT molecular complexity index is 852. The molecule has 5 nitrogen and oxygen atoms in total. The molecule has 1 aliphatic heterocycles. The van der Waals surface area contributed by atoms with Gasteiger partial charge in [-0.05, 0) is 23.8 Å². The van der Waals surface area contributed by atoms with Crippen LogP contribution in [-0.2, 0) is 0 Å². The van der Waals surface area contributed by atoms with E-state index in [9.17, 15) is 10.1 Å². The van der Waals surface area contributed by atoms with Crippen LogP contribution in [0.1, 0.15) is 11.6 Å². The maximum absolute atomic E-state index is 11.4. The highest BCUT2D eigenvalue weighted by molar-refractivity contribution is 5.66. The van der Waals surface area contributed by atoms with Crippen molar-refractivity contribution in [2.45, 2.75) is 6.04 Å². The summed E-state index contributed by atoms with van der Waals surface area (Å²) in [6, 6.07) is 27.6. The molecule has 130 valence electrons. The predicted molar refractivity (Wildman–Crippen MR) is 103 cm³/mol. The van der Waals surface area contributed by atoms with Crippen molar-refractivity contribution < 1.29 is 4.92 Å². The van der Waals surface area contributed by atoms with Crippen molar-refractivity contribution in [3.05, 3.63) is 101 Å². The Morgan fingerprint density at radius 2 is 1.46 bits per heavy atom. The molecule has 26 heavy (non-hydrogen) atoms. The zero-order valence-electron chi connectivity index (χ0n) is 14.2. The number of hydrogen-bond donors (Lipinski definition) is 0. The topological polar surface area (TPSA) is 49.6 Å². The molecule has 4 rings (SSSR count). The number of nitrogens with zero attached hydrogens (tertiary/aromatic N) is 3. The van der Waals surface area contributed by atoms with Crippen molar-refractivity contribution >= 4 is 17.1 Å². The third-order valence-corrected chi connectivity index (χ3v) is 4.78. The summed E-state index contributed by atoms with van der Waals surface area (Å²) in [6.45, 7) is 1.30. The third kappa shape index (κ3) is 2.99. The summed E-state index contributed by atoms with van der Waals surface area (Å²) >= 11 is 0. The average molecular weight is 345 g/mol. The van der Waals surface area contributed by atoms with E-state index in [4.69, 9.17) is 0 Å². The van der Waals surface area contributed by atoms with Gasteiger partial charge >= 0.3 is 0 Å². The summed E-state index contributed by atoms with van der Waals surface area (Å²) in [4.78, 5) is 15.5. The van der Waals surface area contributed by atoms with Crippen LogP contribution >= 0.6 is 0 Å². The van der Waals surface area contributed by atoms with E-state index in [0.717, 1.165) is 5.69 Å². The second-order valence-electron chi connectivity index (χ2n) is 6.34. The largest absolute Gasteiger partial charge is 0.346 e. The summed E-state index contributed by atoms with van der Waals surface area (Å²) in [7, 11) is 0. The summed E-state index contributed by atoms with van der Waals surface area (Å²) in [6.07, 6.45) is 0. The van der Waals surface area contributed by atoms with E-state index in [2.05, 4.69) is 34.1 Å². The van der Waals surface area contributed by atoms with Crippen LogP contribution in [0.3, 0.4) is 0 Å². The first-order valence-electron chi connectivity index (χ1n) is 8.59. The highest BCUT2D eigenvalue weighted by atomic mass is 16.6. The van der Waals surface area contributed by atoms with Gasteiger partial charge in [0.1, 0.15) is 5.69 Å². The number of nitro benzene ring substituents is 1. The molecule has 0 aromatic heterocycles. The number of nitro groups is 1. The van der Waals surface area contributed by atoms with E-state index in [1.807, 2.05) is 48.5 Å². The maximum atomic E-state index is 11.4. The summed E-state index contributed by atoms with van der Waals surface area (Å²) in [5, 5.41) is 11.4. The van der Waals surface area contributed by atoms with Crippen molar-refractivity contribution in [1.29, 1.82) is 0 Å². The van der Waals surface area contributed by atoms with Crippen LogP contribution in [-0.4, -0.2) is 18.1 Å². The van der Waals surface area contributed by atoms with Crippen molar-refractivity contribution in [2.24, 2.45) is 0 Å². The molecule has 3 aromatic rings. The number of hydrogen-bond acceptors (Lipinski definition) is 4. The van der Waals surface area contributed by atoms with Gasteiger partial charge in [0.25, 0.3) is 5.69 Å². The van der Waals surface area contributed by atoms with Gasteiger partial charge in [-0.3, -0.25) is 10.1 Å². The quantitative estimate of drug-likeness (QED) is 0.511.